The summed E-state index contributed by atoms with van der Waals surface area (Å²) < 4.78 is 0. The topological polar surface area (TPSA) is 0 Å². The molecule has 134 valence electrons. The van der Waals surface area contributed by atoms with Crippen molar-refractivity contribution in [1.82, 2.24) is 0 Å². The highest BCUT2D eigenvalue weighted by molar-refractivity contribution is 7.16. The van der Waals surface area contributed by atoms with Crippen LogP contribution in [0.2, 0.25) is 0 Å². The monoisotopic (exact) mass is 370 g/mol. The Bertz CT molecular complexity index is 669. The van der Waals surface area contributed by atoms with E-state index in [4.69, 9.17) is 0 Å². The number of hydrogen-bond acceptors (Lipinski definition) is 0. The number of hydrogen-bond donors (Lipinski definition) is 0. The smallest absolute Gasteiger partial charge is 0.0159 e. The van der Waals surface area contributed by atoms with E-state index in [1.54, 1.807) is 0 Å². The summed E-state index contributed by atoms with van der Waals surface area (Å²) in [4.78, 5) is 0. The molecule has 0 fully saturated rings. The fourth-order valence-electron chi connectivity index (χ4n) is 4.09. The van der Waals surface area contributed by atoms with E-state index in [1.165, 1.54) is 84.2 Å². The van der Waals surface area contributed by atoms with Crippen molar-refractivity contribution in [3.8, 4) is 11.1 Å². The van der Waals surface area contributed by atoms with Crippen molar-refractivity contribution in [3.63, 3.8) is 0 Å². The molecule has 0 aliphatic heterocycles. The summed E-state index contributed by atoms with van der Waals surface area (Å²) in [6.45, 7) is 4.80. The van der Waals surface area contributed by atoms with Gasteiger partial charge in [-0.25, -0.2) is 0 Å². The molecular weight excluding hydrogens is 338 g/mol. The number of benzene rings is 2. The molecule has 1 aliphatic rings. The first-order valence-corrected chi connectivity index (χ1v) is 11.4. The predicted octanol–water partition coefficient (Wildman–Crippen LogP) is 6.39. The maximum atomic E-state index is 2.84. The lowest BCUT2D eigenvalue weighted by atomic mass is 9.81. The van der Waals surface area contributed by atoms with E-state index in [-0.39, 0.29) is 5.41 Å². The van der Waals surface area contributed by atoms with Crippen molar-refractivity contribution < 1.29 is 0 Å². The maximum absolute atomic E-state index is 2.84. The first kappa shape index (κ1) is 19.1. The second-order valence-electron chi connectivity index (χ2n) is 7.88. The van der Waals surface area contributed by atoms with E-state index < -0.39 is 0 Å². The van der Waals surface area contributed by atoms with E-state index in [0.29, 0.717) is 0 Å². The second kappa shape index (κ2) is 8.33. The molecule has 1 aliphatic carbocycles. The van der Waals surface area contributed by atoms with Crippen LogP contribution in [-0.4, -0.2) is 12.3 Å². The zero-order valence-electron chi connectivity index (χ0n) is 15.8. The van der Waals surface area contributed by atoms with Crippen LogP contribution >= 0.6 is 18.5 Å². The molecule has 0 nitrogen and oxygen atoms in total. The van der Waals surface area contributed by atoms with Gasteiger partial charge in [-0.3, -0.25) is 0 Å². The number of fused-ring (bicyclic) bond motifs is 3. The van der Waals surface area contributed by atoms with Gasteiger partial charge in [0.15, 0.2) is 0 Å². The Labute approximate surface area is 158 Å². The molecular formula is C23H32P2. The molecule has 3 rings (SSSR count). The van der Waals surface area contributed by atoms with Crippen LogP contribution < -0.4 is 0 Å². The van der Waals surface area contributed by atoms with E-state index in [1.807, 2.05) is 0 Å². The van der Waals surface area contributed by atoms with Gasteiger partial charge in [0.25, 0.3) is 0 Å². The zero-order valence-corrected chi connectivity index (χ0v) is 18.1. The van der Waals surface area contributed by atoms with Gasteiger partial charge >= 0.3 is 0 Å². The molecule has 2 aromatic rings. The molecule has 0 bridgehead atoms. The number of unbranched alkanes of at least 4 members (excludes halogenated alkanes) is 2. The number of rotatable bonds is 8. The Balaban J connectivity index is 1.88. The van der Waals surface area contributed by atoms with Gasteiger partial charge in [-0.2, -0.15) is 0 Å². The van der Waals surface area contributed by atoms with Crippen LogP contribution in [0.25, 0.3) is 11.1 Å². The van der Waals surface area contributed by atoms with Crippen LogP contribution in [0.15, 0.2) is 36.4 Å². The Hall–Kier alpha value is -0.700. The third-order valence-corrected chi connectivity index (χ3v) is 6.46. The van der Waals surface area contributed by atoms with Gasteiger partial charge in [0.1, 0.15) is 0 Å². The summed E-state index contributed by atoms with van der Waals surface area (Å²) >= 11 is 0. The molecule has 2 unspecified atom stereocenters. The molecule has 2 aromatic carbocycles. The lowest BCUT2D eigenvalue weighted by molar-refractivity contribution is 0.656. The van der Waals surface area contributed by atoms with Crippen molar-refractivity contribution in [3.05, 3.63) is 58.7 Å². The van der Waals surface area contributed by atoms with Gasteiger partial charge in [0.2, 0.25) is 0 Å². The van der Waals surface area contributed by atoms with Crippen molar-refractivity contribution in [2.45, 2.75) is 57.8 Å². The Morgan fingerprint density at radius 3 is 1.52 bits per heavy atom. The average Bonchev–Trinajstić information content (AvgIpc) is 2.83. The van der Waals surface area contributed by atoms with Crippen LogP contribution in [-0.2, 0) is 18.3 Å². The van der Waals surface area contributed by atoms with Crippen LogP contribution in [0.1, 0.15) is 61.8 Å². The van der Waals surface area contributed by atoms with Crippen molar-refractivity contribution >= 4 is 18.5 Å². The quantitative estimate of drug-likeness (QED) is 0.373. The Kier molecular flexibility index (Phi) is 6.35. The summed E-state index contributed by atoms with van der Waals surface area (Å²) in [5.74, 6) is 0. The molecule has 2 atom stereocenters. The van der Waals surface area contributed by atoms with E-state index in [2.05, 4.69) is 68.7 Å². The van der Waals surface area contributed by atoms with Gasteiger partial charge in [0.05, 0.1) is 0 Å². The van der Waals surface area contributed by atoms with Gasteiger partial charge < -0.3 is 0 Å². The molecule has 0 aromatic heterocycles. The first-order chi connectivity index (χ1) is 12.1. The van der Waals surface area contributed by atoms with Gasteiger partial charge in [-0.1, -0.05) is 50.2 Å². The van der Waals surface area contributed by atoms with Crippen molar-refractivity contribution in [1.29, 1.82) is 0 Å². The predicted molar refractivity (Wildman–Crippen MR) is 119 cm³/mol. The zero-order chi connectivity index (χ0) is 17.9. The minimum atomic E-state index is 0.123. The molecule has 0 heterocycles. The molecule has 0 saturated heterocycles. The summed E-state index contributed by atoms with van der Waals surface area (Å²) in [7, 11) is 5.68. The highest BCUT2D eigenvalue weighted by Gasteiger charge is 2.35. The lowest BCUT2D eigenvalue weighted by Crippen LogP contribution is -2.15. The van der Waals surface area contributed by atoms with E-state index >= 15 is 0 Å². The summed E-state index contributed by atoms with van der Waals surface area (Å²) in [6.07, 6.45) is 9.99. The molecule has 0 radical (unpaired) electrons. The van der Waals surface area contributed by atoms with Gasteiger partial charge in [-0.15, -0.1) is 18.5 Å². The van der Waals surface area contributed by atoms with Crippen molar-refractivity contribution in [2.24, 2.45) is 0 Å². The third kappa shape index (κ3) is 4.02. The van der Waals surface area contributed by atoms with Gasteiger partial charge in [-0.05, 0) is 84.2 Å². The second-order valence-corrected chi connectivity index (χ2v) is 9.03. The van der Waals surface area contributed by atoms with Crippen LogP contribution in [0.4, 0.5) is 0 Å². The molecule has 0 spiro atoms. The highest BCUT2D eigenvalue weighted by atomic mass is 31.0. The largest absolute Gasteiger partial charge is 0.138 e. The standard InChI is InChI=1S/C23H32P2/c1-23(2)21-15-17(7-3-5-13-24)9-11-19(21)20-12-10-18(16-22(20)23)8-4-6-14-25/h9-12,15-16H,3-8,13-14,24-25H2,1-2H3. The minimum Gasteiger partial charge on any atom is -0.138 e. The van der Waals surface area contributed by atoms with Crippen LogP contribution in [0.3, 0.4) is 0 Å². The average molecular weight is 370 g/mol. The summed E-state index contributed by atoms with van der Waals surface area (Å²) in [5, 5.41) is 0. The number of aryl methyl sites for hydroxylation is 2. The molecule has 0 amide bonds. The van der Waals surface area contributed by atoms with Crippen LogP contribution in [0.5, 0.6) is 0 Å². The van der Waals surface area contributed by atoms with Crippen LogP contribution in [0, 0.1) is 0 Å². The fourth-order valence-corrected chi connectivity index (χ4v) is 4.67. The van der Waals surface area contributed by atoms with E-state index in [0.717, 1.165) is 0 Å². The SMILES string of the molecule is CC1(C)c2cc(CCCCP)ccc2-c2ccc(CCCCP)cc21. The molecule has 25 heavy (non-hydrogen) atoms. The maximum Gasteiger partial charge on any atom is 0.0159 e. The Morgan fingerprint density at radius 2 is 1.12 bits per heavy atom. The first-order valence-electron chi connectivity index (χ1n) is 9.75. The van der Waals surface area contributed by atoms with Crippen molar-refractivity contribution in [2.75, 3.05) is 12.3 Å². The fraction of sp³-hybridized carbons (Fsp3) is 0.478. The van der Waals surface area contributed by atoms with Gasteiger partial charge in [0, 0.05) is 5.41 Å². The lowest BCUT2D eigenvalue weighted by Gasteiger charge is -2.22. The highest BCUT2D eigenvalue weighted by Crippen LogP contribution is 2.49. The molecule has 0 N–H and O–H groups in total. The Morgan fingerprint density at radius 1 is 0.680 bits per heavy atom. The normalized spacial score (nSPS) is 14.4. The minimum absolute atomic E-state index is 0.123. The molecule has 2 heteroatoms. The van der Waals surface area contributed by atoms with E-state index in [9.17, 15) is 0 Å². The third-order valence-electron chi connectivity index (χ3n) is 5.64. The summed E-state index contributed by atoms with van der Waals surface area (Å²) in [5.41, 5.74) is 9.06. The summed E-state index contributed by atoms with van der Waals surface area (Å²) in [6, 6.07) is 14.4. The molecule has 0 saturated carbocycles.